The van der Waals surface area contributed by atoms with Crippen LogP contribution in [0.4, 0.5) is 0 Å². The molecule has 0 saturated carbocycles. The van der Waals surface area contributed by atoms with Crippen molar-refractivity contribution in [3.05, 3.63) is 41.9 Å². The summed E-state index contributed by atoms with van der Waals surface area (Å²) in [5, 5.41) is 16.0. The van der Waals surface area contributed by atoms with Gasteiger partial charge in [-0.05, 0) is 24.3 Å². The van der Waals surface area contributed by atoms with Crippen molar-refractivity contribution < 1.29 is 9.84 Å². The predicted molar refractivity (Wildman–Crippen MR) is 84.7 cm³/mol. The monoisotopic (exact) mass is 373 g/mol. The van der Waals surface area contributed by atoms with E-state index in [1.165, 1.54) is 17.3 Å². The Morgan fingerprint density at radius 1 is 1.38 bits per heavy atom. The lowest BCUT2D eigenvalue weighted by molar-refractivity contribution is -0.0710. The number of nitrogens with zero attached hydrogens (tertiary/aromatic N) is 3. The summed E-state index contributed by atoms with van der Waals surface area (Å²) in [5.74, 6) is 0.601. The second kappa shape index (κ2) is 6.77. The zero-order valence-electron chi connectivity index (χ0n) is 11.8. The fourth-order valence-electron chi connectivity index (χ4n) is 1.73. The van der Waals surface area contributed by atoms with E-state index in [1.54, 1.807) is 24.3 Å². The van der Waals surface area contributed by atoms with Crippen LogP contribution in [0.15, 0.2) is 36.9 Å². The van der Waals surface area contributed by atoms with Crippen LogP contribution in [0, 0.1) is 5.41 Å². The largest absolute Gasteiger partial charge is 0.466 e. The van der Waals surface area contributed by atoms with Crippen LogP contribution < -0.4 is 4.74 Å². The second-order valence-corrected chi connectivity index (χ2v) is 6.40. The smallest absolute Gasteiger partial charge is 0.219 e. The standard InChI is InChI=1S/C14H17BrClN3O2/c1-14(2,7-15)12(20)13(19-9-17-8-18-19)21-11-5-3-10(16)4-6-11/h3-6,8-9,12-13,20H,7H2,1-2H3. The van der Waals surface area contributed by atoms with Gasteiger partial charge in [-0.2, -0.15) is 5.10 Å². The Labute approximate surface area is 137 Å². The SMILES string of the molecule is CC(C)(CBr)C(O)C(Oc1ccc(Cl)cc1)n1cncn1. The molecule has 1 N–H and O–H groups in total. The first-order valence-electron chi connectivity index (χ1n) is 6.44. The minimum atomic E-state index is -0.783. The molecule has 0 fully saturated rings. The Balaban J connectivity index is 2.27. The molecule has 1 aromatic heterocycles. The Morgan fingerprint density at radius 2 is 2.05 bits per heavy atom. The average molecular weight is 375 g/mol. The maximum atomic E-state index is 10.7. The van der Waals surface area contributed by atoms with Gasteiger partial charge < -0.3 is 9.84 Å². The fraction of sp³-hybridized carbons (Fsp3) is 0.429. The lowest BCUT2D eigenvalue weighted by Crippen LogP contribution is -2.41. The molecule has 1 heterocycles. The molecule has 0 spiro atoms. The molecular formula is C14H17BrClN3O2. The number of aliphatic hydroxyl groups is 1. The zero-order chi connectivity index (χ0) is 15.5. The first-order chi connectivity index (χ1) is 9.94. The number of alkyl halides is 1. The highest BCUT2D eigenvalue weighted by Gasteiger charge is 2.36. The Morgan fingerprint density at radius 3 is 2.57 bits per heavy atom. The van der Waals surface area contributed by atoms with Gasteiger partial charge in [0.05, 0.1) is 0 Å². The summed E-state index contributed by atoms with van der Waals surface area (Å²) in [7, 11) is 0. The lowest BCUT2D eigenvalue weighted by Gasteiger charge is -2.34. The molecule has 2 atom stereocenters. The molecule has 2 aromatic rings. The molecular weight excluding hydrogens is 358 g/mol. The molecule has 2 rings (SSSR count). The van der Waals surface area contributed by atoms with Crippen molar-refractivity contribution in [2.75, 3.05) is 5.33 Å². The number of halogens is 2. The van der Waals surface area contributed by atoms with Crippen LogP contribution in [-0.4, -0.2) is 31.3 Å². The van der Waals surface area contributed by atoms with Gasteiger partial charge in [0.2, 0.25) is 6.23 Å². The summed E-state index contributed by atoms with van der Waals surface area (Å²) in [6.45, 7) is 3.89. The Kier molecular flexibility index (Phi) is 5.24. The van der Waals surface area contributed by atoms with E-state index in [1.807, 2.05) is 13.8 Å². The van der Waals surface area contributed by atoms with E-state index < -0.39 is 17.7 Å². The van der Waals surface area contributed by atoms with Crippen molar-refractivity contribution in [2.24, 2.45) is 5.41 Å². The average Bonchev–Trinajstić information content (AvgIpc) is 3.00. The number of hydrogen-bond acceptors (Lipinski definition) is 4. The first kappa shape index (κ1) is 16.3. The van der Waals surface area contributed by atoms with Crippen molar-refractivity contribution in [3.63, 3.8) is 0 Å². The van der Waals surface area contributed by atoms with E-state index >= 15 is 0 Å². The van der Waals surface area contributed by atoms with Crippen molar-refractivity contribution in [2.45, 2.75) is 26.2 Å². The third-order valence-corrected chi connectivity index (χ3v) is 4.88. The van der Waals surface area contributed by atoms with Gasteiger partial charge in [0, 0.05) is 15.8 Å². The minimum Gasteiger partial charge on any atom is -0.466 e. The summed E-state index contributed by atoms with van der Waals surface area (Å²) in [4.78, 5) is 3.92. The zero-order valence-corrected chi connectivity index (χ0v) is 14.1. The number of benzene rings is 1. The molecule has 1 aromatic carbocycles. The van der Waals surface area contributed by atoms with Gasteiger partial charge >= 0.3 is 0 Å². The first-order valence-corrected chi connectivity index (χ1v) is 7.94. The normalized spacial score (nSPS) is 14.7. The van der Waals surface area contributed by atoms with Crippen LogP contribution in [0.2, 0.25) is 5.02 Å². The quantitative estimate of drug-likeness (QED) is 0.788. The van der Waals surface area contributed by atoms with Crippen LogP contribution in [0.3, 0.4) is 0 Å². The van der Waals surface area contributed by atoms with E-state index in [9.17, 15) is 5.11 Å². The van der Waals surface area contributed by atoms with Crippen molar-refractivity contribution in [1.29, 1.82) is 0 Å². The van der Waals surface area contributed by atoms with Crippen molar-refractivity contribution in [3.8, 4) is 5.75 Å². The summed E-state index contributed by atoms with van der Waals surface area (Å²) in [6.07, 6.45) is 1.47. The third kappa shape index (κ3) is 3.96. The molecule has 0 amide bonds. The molecule has 0 aliphatic heterocycles. The van der Waals surface area contributed by atoms with Gasteiger partial charge in [-0.1, -0.05) is 41.4 Å². The van der Waals surface area contributed by atoms with Crippen molar-refractivity contribution in [1.82, 2.24) is 14.8 Å². The van der Waals surface area contributed by atoms with Gasteiger partial charge in [0.15, 0.2) is 0 Å². The number of aliphatic hydroxyl groups excluding tert-OH is 1. The number of ether oxygens (including phenoxy) is 1. The van der Waals surface area contributed by atoms with Crippen LogP contribution in [0.5, 0.6) is 5.75 Å². The maximum Gasteiger partial charge on any atom is 0.219 e. The molecule has 0 bridgehead atoms. The maximum absolute atomic E-state index is 10.7. The number of rotatable bonds is 6. The molecule has 114 valence electrons. The summed E-state index contributed by atoms with van der Waals surface area (Å²) in [6, 6.07) is 6.97. The van der Waals surface area contributed by atoms with Crippen LogP contribution in [0.25, 0.3) is 0 Å². The molecule has 0 saturated heterocycles. The van der Waals surface area contributed by atoms with Crippen molar-refractivity contribution >= 4 is 27.5 Å². The molecule has 0 radical (unpaired) electrons. The molecule has 21 heavy (non-hydrogen) atoms. The Hall–Kier alpha value is -1.11. The van der Waals surface area contributed by atoms with Gasteiger partial charge in [-0.15, -0.1) is 0 Å². The molecule has 0 aliphatic rings. The lowest BCUT2D eigenvalue weighted by atomic mass is 9.88. The van der Waals surface area contributed by atoms with Gasteiger partial charge in [-0.3, -0.25) is 0 Å². The number of hydrogen-bond donors (Lipinski definition) is 1. The molecule has 2 unspecified atom stereocenters. The highest BCUT2D eigenvalue weighted by Crippen LogP contribution is 2.32. The molecule has 5 nitrogen and oxygen atoms in total. The fourth-order valence-corrected chi connectivity index (χ4v) is 2.19. The van der Waals surface area contributed by atoms with Crippen LogP contribution in [-0.2, 0) is 0 Å². The molecule has 7 heteroatoms. The van der Waals surface area contributed by atoms with Gasteiger partial charge in [-0.25, -0.2) is 9.67 Å². The van der Waals surface area contributed by atoms with E-state index in [0.29, 0.717) is 16.1 Å². The van der Waals surface area contributed by atoms with Crippen LogP contribution in [0.1, 0.15) is 20.1 Å². The second-order valence-electron chi connectivity index (χ2n) is 5.40. The van der Waals surface area contributed by atoms with Gasteiger partial charge in [0.1, 0.15) is 24.5 Å². The summed E-state index contributed by atoms with van der Waals surface area (Å²) < 4.78 is 7.40. The topological polar surface area (TPSA) is 60.2 Å². The Bertz CT molecular complexity index is 560. The summed E-state index contributed by atoms with van der Waals surface area (Å²) >= 11 is 9.29. The van der Waals surface area contributed by atoms with E-state index in [-0.39, 0.29) is 0 Å². The van der Waals surface area contributed by atoms with E-state index in [0.717, 1.165) is 0 Å². The third-order valence-electron chi connectivity index (χ3n) is 3.18. The van der Waals surface area contributed by atoms with E-state index in [2.05, 4.69) is 26.0 Å². The number of aromatic nitrogens is 3. The minimum absolute atomic E-state index is 0.400. The highest BCUT2D eigenvalue weighted by molar-refractivity contribution is 9.09. The highest BCUT2D eigenvalue weighted by atomic mass is 79.9. The molecule has 0 aliphatic carbocycles. The van der Waals surface area contributed by atoms with Crippen LogP contribution >= 0.6 is 27.5 Å². The predicted octanol–water partition coefficient (Wildman–Crippen LogP) is 3.29. The van der Waals surface area contributed by atoms with Gasteiger partial charge in [0.25, 0.3) is 0 Å². The summed E-state index contributed by atoms with van der Waals surface area (Å²) in [5.41, 5.74) is -0.400. The van der Waals surface area contributed by atoms with E-state index in [4.69, 9.17) is 16.3 Å².